The Morgan fingerprint density at radius 3 is 2.95 bits per heavy atom. The van der Waals surface area contributed by atoms with Crippen LogP contribution in [0, 0.1) is 0 Å². The summed E-state index contributed by atoms with van der Waals surface area (Å²) in [4.78, 5) is 14.2. The van der Waals surface area contributed by atoms with Crippen LogP contribution >= 0.6 is 0 Å². The Morgan fingerprint density at radius 1 is 1.47 bits per heavy atom. The summed E-state index contributed by atoms with van der Waals surface area (Å²) in [5.74, 6) is 0.567. The molecule has 1 fully saturated rings. The minimum atomic E-state index is -0.246. The lowest BCUT2D eigenvalue weighted by Gasteiger charge is -2.37. The van der Waals surface area contributed by atoms with Gasteiger partial charge in [0.15, 0.2) is 0 Å². The molecule has 8 nitrogen and oxygen atoms in total. The van der Waals surface area contributed by atoms with E-state index in [1.165, 1.54) is 0 Å². The molecule has 0 aliphatic carbocycles. The van der Waals surface area contributed by atoms with Gasteiger partial charge in [-0.1, -0.05) is 0 Å². The van der Waals surface area contributed by atoms with Crippen molar-refractivity contribution in [3.8, 4) is 6.01 Å². The predicted octanol–water partition coefficient (Wildman–Crippen LogP) is -0.561. The first-order valence-electron chi connectivity index (χ1n) is 6.27. The van der Waals surface area contributed by atoms with Crippen molar-refractivity contribution < 1.29 is 14.6 Å². The number of hydrogen-bond donors (Lipinski definition) is 2. The summed E-state index contributed by atoms with van der Waals surface area (Å²) in [6.07, 6.45) is -0.246. The van der Waals surface area contributed by atoms with Crippen molar-refractivity contribution >= 4 is 11.9 Å². The van der Waals surface area contributed by atoms with E-state index >= 15 is 0 Å². The molecule has 0 radical (unpaired) electrons. The summed E-state index contributed by atoms with van der Waals surface area (Å²) in [7, 11) is 0. The number of aliphatic hydroxyl groups is 1. The lowest BCUT2D eigenvalue weighted by Crippen LogP contribution is -2.50. The molecule has 2 heterocycles. The molecule has 1 aromatic heterocycles. The molecular formula is C11H19N5O3. The number of ether oxygens (including phenoxy) is 2. The second kappa shape index (κ2) is 5.98. The maximum absolute atomic E-state index is 9.18. The van der Waals surface area contributed by atoms with Crippen LogP contribution in [0.1, 0.15) is 13.8 Å². The minimum absolute atomic E-state index is 0.0396. The van der Waals surface area contributed by atoms with Crippen LogP contribution in [0.4, 0.5) is 11.9 Å². The predicted molar refractivity (Wildman–Crippen MR) is 69.0 cm³/mol. The van der Waals surface area contributed by atoms with Crippen LogP contribution in [-0.2, 0) is 4.74 Å². The number of rotatable bonds is 4. The van der Waals surface area contributed by atoms with E-state index in [4.69, 9.17) is 15.2 Å². The van der Waals surface area contributed by atoms with Gasteiger partial charge in [0.25, 0.3) is 0 Å². The van der Waals surface area contributed by atoms with Gasteiger partial charge in [0.2, 0.25) is 11.9 Å². The molecule has 8 heteroatoms. The topological polar surface area (TPSA) is 107 Å². The zero-order valence-electron chi connectivity index (χ0n) is 11.1. The molecule has 1 aromatic rings. The zero-order valence-corrected chi connectivity index (χ0v) is 11.1. The monoisotopic (exact) mass is 269 g/mol. The van der Waals surface area contributed by atoms with Gasteiger partial charge in [0.05, 0.1) is 32.0 Å². The van der Waals surface area contributed by atoms with E-state index in [9.17, 15) is 5.11 Å². The molecule has 1 aliphatic rings. The van der Waals surface area contributed by atoms with Gasteiger partial charge in [-0.3, -0.25) is 0 Å². The lowest BCUT2D eigenvalue weighted by atomic mass is 10.2. The Kier molecular flexibility index (Phi) is 4.33. The molecule has 1 saturated heterocycles. The quantitative estimate of drug-likeness (QED) is 0.749. The van der Waals surface area contributed by atoms with Gasteiger partial charge in [0, 0.05) is 6.54 Å². The van der Waals surface area contributed by atoms with Gasteiger partial charge in [0.1, 0.15) is 0 Å². The van der Waals surface area contributed by atoms with Crippen LogP contribution in [0.25, 0.3) is 0 Å². The summed E-state index contributed by atoms with van der Waals surface area (Å²) in [5, 5.41) is 9.18. The van der Waals surface area contributed by atoms with E-state index in [1.807, 2.05) is 18.7 Å². The van der Waals surface area contributed by atoms with Gasteiger partial charge in [-0.25, -0.2) is 0 Å². The number of aliphatic hydroxyl groups excluding tert-OH is 1. The first-order valence-corrected chi connectivity index (χ1v) is 6.27. The van der Waals surface area contributed by atoms with E-state index < -0.39 is 0 Å². The van der Waals surface area contributed by atoms with Gasteiger partial charge in [-0.15, -0.1) is 0 Å². The molecule has 2 rings (SSSR count). The van der Waals surface area contributed by atoms with Crippen LogP contribution in [-0.4, -0.2) is 58.6 Å². The van der Waals surface area contributed by atoms with E-state index in [-0.39, 0.29) is 30.7 Å². The highest BCUT2D eigenvalue weighted by Gasteiger charge is 2.28. The smallest absolute Gasteiger partial charge is 0.323 e. The van der Waals surface area contributed by atoms with Crippen molar-refractivity contribution in [2.45, 2.75) is 26.0 Å². The van der Waals surface area contributed by atoms with Gasteiger partial charge in [-0.05, 0) is 13.8 Å². The number of aromatic nitrogens is 3. The minimum Gasteiger partial charge on any atom is -0.464 e. The Hall–Kier alpha value is -1.67. The van der Waals surface area contributed by atoms with Crippen LogP contribution in [0.2, 0.25) is 0 Å². The molecule has 1 aliphatic heterocycles. The molecule has 0 saturated carbocycles. The van der Waals surface area contributed by atoms with Gasteiger partial charge >= 0.3 is 6.01 Å². The average molecular weight is 269 g/mol. The molecule has 0 amide bonds. The fraction of sp³-hybridized carbons (Fsp3) is 0.727. The molecule has 0 spiro atoms. The first kappa shape index (κ1) is 13.8. The van der Waals surface area contributed by atoms with Crippen LogP contribution in [0.3, 0.4) is 0 Å². The van der Waals surface area contributed by atoms with Crippen molar-refractivity contribution in [2.24, 2.45) is 0 Å². The Balaban J connectivity index is 2.23. The van der Waals surface area contributed by atoms with E-state index in [0.29, 0.717) is 25.7 Å². The summed E-state index contributed by atoms with van der Waals surface area (Å²) in [5.41, 5.74) is 5.66. The molecule has 19 heavy (non-hydrogen) atoms. The average Bonchev–Trinajstić information content (AvgIpc) is 2.39. The number of hydrogen-bond acceptors (Lipinski definition) is 8. The number of nitrogens with zero attached hydrogens (tertiary/aromatic N) is 4. The van der Waals surface area contributed by atoms with Crippen LogP contribution in [0.5, 0.6) is 6.01 Å². The van der Waals surface area contributed by atoms with Crippen molar-refractivity contribution in [3.05, 3.63) is 0 Å². The summed E-state index contributed by atoms with van der Waals surface area (Å²) in [6.45, 7) is 5.27. The number of nitrogen functional groups attached to an aromatic ring is 1. The normalized spacial score (nSPS) is 23.4. The standard InChI is InChI=1S/C11H19N5O3/c1-3-18-11-14-9(12)13-10(15-11)16-4-8(5-17)19-6-7(16)2/h7-8,17H,3-6H2,1-2H3,(H2,12,13,14,15). The molecule has 2 unspecified atom stereocenters. The van der Waals surface area contributed by atoms with Crippen LogP contribution < -0.4 is 15.4 Å². The number of anilines is 2. The molecular weight excluding hydrogens is 250 g/mol. The first-order chi connectivity index (χ1) is 9.13. The third-order valence-corrected chi connectivity index (χ3v) is 2.86. The van der Waals surface area contributed by atoms with E-state index in [0.717, 1.165) is 0 Å². The second-order valence-electron chi connectivity index (χ2n) is 4.35. The highest BCUT2D eigenvalue weighted by molar-refractivity contribution is 5.37. The lowest BCUT2D eigenvalue weighted by molar-refractivity contribution is -0.0108. The number of morpholine rings is 1. The Bertz CT molecular complexity index is 431. The highest BCUT2D eigenvalue weighted by Crippen LogP contribution is 2.20. The van der Waals surface area contributed by atoms with Crippen molar-refractivity contribution in [1.29, 1.82) is 0 Å². The zero-order chi connectivity index (χ0) is 13.8. The third kappa shape index (κ3) is 3.21. The van der Waals surface area contributed by atoms with Gasteiger partial charge in [-0.2, -0.15) is 15.0 Å². The van der Waals surface area contributed by atoms with Crippen molar-refractivity contribution in [3.63, 3.8) is 0 Å². The molecule has 3 N–H and O–H groups in total. The van der Waals surface area contributed by atoms with Gasteiger partial charge < -0.3 is 25.2 Å². The SMILES string of the molecule is CCOc1nc(N)nc(N2CC(CO)OCC2C)n1. The summed E-state index contributed by atoms with van der Waals surface area (Å²) in [6, 6.07) is 0.309. The van der Waals surface area contributed by atoms with E-state index in [2.05, 4.69) is 15.0 Å². The summed E-state index contributed by atoms with van der Waals surface area (Å²) < 4.78 is 10.7. The summed E-state index contributed by atoms with van der Waals surface area (Å²) >= 11 is 0. The highest BCUT2D eigenvalue weighted by atomic mass is 16.5. The molecule has 0 aromatic carbocycles. The fourth-order valence-corrected chi connectivity index (χ4v) is 1.89. The maximum atomic E-state index is 9.18. The van der Waals surface area contributed by atoms with Crippen molar-refractivity contribution in [2.75, 3.05) is 37.0 Å². The Morgan fingerprint density at radius 2 is 2.26 bits per heavy atom. The molecule has 106 valence electrons. The second-order valence-corrected chi connectivity index (χ2v) is 4.35. The van der Waals surface area contributed by atoms with E-state index in [1.54, 1.807) is 0 Å². The maximum Gasteiger partial charge on any atom is 0.323 e. The largest absolute Gasteiger partial charge is 0.464 e. The third-order valence-electron chi connectivity index (χ3n) is 2.86. The van der Waals surface area contributed by atoms with Crippen molar-refractivity contribution in [1.82, 2.24) is 15.0 Å². The molecule has 0 bridgehead atoms. The fourth-order valence-electron chi connectivity index (χ4n) is 1.89. The molecule has 2 atom stereocenters. The Labute approximate surface area is 111 Å². The van der Waals surface area contributed by atoms with Crippen LogP contribution in [0.15, 0.2) is 0 Å². The number of nitrogens with two attached hydrogens (primary N) is 1.